The van der Waals surface area contributed by atoms with Gasteiger partial charge in [0.2, 0.25) is 6.29 Å². The monoisotopic (exact) mass is 99.0 g/mol. The highest BCUT2D eigenvalue weighted by Gasteiger charge is 1.67. The quantitative estimate of drug-likeness (QED) is 0.475. The minimum Gasteiger partial charge on any atom is -0.381 e. The summed E-state index contributed by atoms with van der Waals surface area (Å²) in [5.74, 6) is 0. The molecule has 0 amide bonds. The van der Waals surface area contributed by atoms with Crippen molar-refractivity contribution >= 4 is 6.29 Å². The Hall–Kier alpha value is -0.630. The highest BCUT2D eigenvalue weighted by atomic mass is 16.5. The van der Waals surface area contributed by atoms with Gasteiger partial charge in [-0.3, -0.25) is 4.79 Å². The summed E-state index contributed by atoms with van der Waals surface area (Å²) < 4.78 is 4.58. The summed E-state index contributed by atoms with van der Waals surface area (Å²) in [6.07, 6.45) is 4.46. The molecule has 39 valence electrons. The number of hydrogen-bond acceptors (Lipinski definition) is 2. The van der Waals surface area contributed by atoms with Crippen LogP contribution in [0.15, 0.2) is 12.2 Å². The van der Waals surface area contributed by atoms with E-state index in [1.807, 2.05) is 0 Å². The molecule has 0 aromatic rings. The maximum absolute atomic E-state index is 9.41. The molecule has 0 rings (SSSR count). The Morgan fingerprint density at radius 3 is 3.00 bits per heavy atom. The fraction of sp³-hybridized carbons (Fsp3) is 0.400. The van der Waals surface area contributed by atoms with E-state index in [0.29, 0.717) is 6.61 Å². The standard InChI is InChI=1S/C5H7O2/c1-7-5-3-2-4-6/h2-3H,5H2,1H3. The second kappa shape index (κ2) is 5.37. The van der Waals surface area contributed by atoms with Crippen molar-refractivity contribution in [2.45, 2.75) is 0 Å². The van der Waals surface area contributed by atoms with Crippen LogP contribution in [0.5, 0.6) is 0 Å². The summed E-state index contributed by atoms with van der Waals surface area (Å²) in [4.78, 5) is 9.41. The van der Waals surface area contributed by atoms with Crippen LogP contribution in [0, 0.1) is 0 Å². The Morgan fingerprint density at radius 2 is 2.57 bits per heavy atom. The van der Waals surface area contributed by atoms with Crippen LogP contribution in [0.25, 0.3) is 0 Å². The molecule has 0 aliphatic heterocycles. The lowest BCUT2D eigenvalue weighted by atomic mass is 10.5. The summed E-state index contributed by atoms with van der Waals surface area (Å²) in [6.45, 7) is 0.481. The predicted molar refractivity (Wildman–Crippen MR) is 26.7 cm³/mol. The number of rotatable bonds is 3. The van der Waals surface area contributed by atoms with Gasteiger partial charge in [0.1, 0.15) is 0 Å². The smallest absolute Gasteiger partial charge is 0.225 e. The number of carbonyl (C=O) groups excluding carboxylic acids is 1. The van der Waals surface area contributed by atoms with E-state index < -0.39 is 0 Å². The second-order valence-corrected chi connectivity index (χ2v) is 0.976. The maximum atomic E-state index is 9.41. The summed E-state index contributed by atoms with van der Waals surface area (Å²) in [5.41, 5.74) is 0. The SMILES string of the molecule is COCC=C[C]=O. The highest BCUT2D eigenvalue weighted by Crippen LogP contribution is 1.67. The van der Waals surface area contributed by atoms with Crippen molar-refractivity contribution in [3.63, 3.8) is 0 Å². The number of hydrogen-bond donors (Lipinski definition) is 0. The van der Waals surface area contributed by atoms with E-state index in [4.69, 9.17) is 0 Å². The average Bonchev–Trinajstić information content (AvgIpc) is 1.69. The van der Waals surface area contributed by atoms with E-state index in [1.165, 1.54) is 6.08 Å². The number of ether oxygens (including phenoxy) is 1. The normalized spacial score (nSPS) is 9.86. The largest absolute Gasteiger partial charge is 0.381 e. The van der Waals surface area contributed by atoms with Gasteiger partial charge in [0.15, 0.2) is 0 Å². The zero-order valence-corrected chi connectivity index (χ0v) is 4.18. The van der Waals surface area contributed by atoms with Crippen LogP contribution >= 0.6 is 0 Å². The lowest BCUT2D eigenvalue weighted by Gasteiger charge is -1.81. The Morgan fingerprint density at radius 1 is 1.86 bits per heavy atom. The molecule has 0 aromatic carbocycles. The van der Waals surface area contributed by atoms with Crippen LogP contribution in [0.3, 0.4) is 0 Å². The third-order valence-electron chi connectivity index (χ3n) is 0.449. The first-order valence-corrected chi connectivity index (χ1v) is 1.93. The molecule has 0 spiro atoms. The third-order valence-corrected chi connectivity index (χ3v) is 0.449. The summed E-state index contributed by atoms with van der Waals surface area (Å²) >= 11 is 0. The van der Waals surface area contributed by atoms with Gasteiger partial charge in [-0.25, -0.2) is 0 Å². The topological polar surface area (TPSA) is 26.3 Å². The highest BCUT2D eigenvalue weighted by molar-refractivity contribution is 5.65. The van der Waals surface area contributed by atoms with Gasteiger partial charge in [0, 0.05) is 7.11 Å². The van der Waals surface area contributed by atoms with Gasteiger partial charge in [-0.05, 0) is 6.08 Å². The zero-order valence-electron chi connectivity index (χ0n) is 4.18. The Labute approximate surface area is 42.8 Å². The second-order valence-electron chi connectivity index (χ2n) is 0.976. The lowest BCUT2D eigenvalue weighted by Crippen LogP contribution is -1.79. The first-order chi connectivity index (χ1) is 3.41. The third kappa shape index (κ3) is 5.37. The van der Waals surface area contributed by atoms with Crippen LogP contribution < -0.4 is 0 Å². The molecule has 2 heteroatoms. The molecule has 0 fully saturated rings. The van der Waals surface area contributed by atoms with Gasteiger partial charge in [-0.15, -0.1) is 0 Å². The molecule has 0 aliphatic rings. The molecule has 2 nitrogen and oxygen atoms in total. The van der Waals surface area contributed by atoms with Crippen LogP contribution in [0.4, 0.5) is 0 Å². The van der Waals surface area contributed by atoms with Crippen molar-refractivity contribution in [3.05, 3.63) is 12.2 Å². The van der Waals surface area contributed by atoms with Crippen LogP contribution in [-0.2, 0) is 9.53 Å². The van der Waals surface area contributed by atoms with Crippen LogP contribution in [0.1, 0.15) is 0 Å². The lowest BCUT2D eigenvalue weighted by molar-refractivity contribution is 0.234. The molecule has 0 unspecified atom stereocenters. The van der Waals surface area contributed by atoms with Gasteiger partial charge in [0.25, 0.3) is 0 Å². The minimum atomic E-state index is 0.481. The summed E-state index contributed by atoms with van der Waals surface area (Å²) in [7, 11) is 1.56. The molecular weight excluding hydrogens is 92.1 g/mol. The first-order valence-electron chi connectivity index (χ1n) is 1.93. The van der Waals surface area contributed by atoms with Gasteiger partial charge in [-0.1, -0.05) is 6.08 Å². The van der Waals surface area contributed by atoms with Gasteiger partial charge >= 0.3 is 0 Å². The van der Waals surface area contributed by atoms with Crippen LogP contribution in [-0.4, -0.2) is 20.0 Å². The predicted octanol–water partition coefficient (Wildman–Crippen LogP) is 0.299. The number of allylic oxidation sites excluding steroid dienone is 1. The summed E-state index contributed by atoms with van der Waals surface area (Å²) in [6, 6.07) is 0. The molecule has 0 aliphatic carbocycles. The molecule has 0 aromatic heterocycles. The molecule has 0 atom stereocenters. The number of methoxy groups -OCH3 is 1. The van der Waals surface area contributed by atoms with Crippen molar-refractivity contribution in [1.29, 1.82) is 0 Å². The van der Waals surface area contributed by atoms with E-state index in [1.54, 1.807) is 19.5 Å². The average molecular weight is 99.1 g/mol. The molecule has 1 radical (unpaired) electrons. The maximum Gasteiger partial charge on any atom is 0.225 e. The van der Waals surface area contributed by atoms with Crippen molar-refractivity contribution in [2.75, 3.05) is 13.7 Å². The van der Waals surface area contributed by atoms with E-state index in [2.05, 4.69) is 4.74 Å². The van der Waals surface area contributed by atoms with E-state index in [-0.39, 0.29) is 0 Å². The minimum absolute atomic E-state index is 0.481. The molecule has 0 N–H and O–H groups in total. The Balaban J connectivity index is 2.92. The van der Waals surface area contributed by atoms with Crippen molar-refractivity contribution in [2.24, 2.45) is 0 Å². The molecule has 0 saturated heterocycles. The summed E-state index contributed by atoms with van der Waals surface area (Å²) in [5, 5.41) is 0. The van der Waals surface area contributed by atoms with Crippen molar-refractivity contribution in [1.82, 2.24) is 0 Å². The van der Waals surface area contributed by atoms with Crippen molar-refractivity contribution < 1.29 is 9.53 Å². The van der Waals surface area contributed by atoms with E-state index in [0.717, 1.165) is 0 Å². The molecule has 0 heterocycles. The molecule has 0 bridgehead atoms. The Kier molecular flexibility index (Phi) is 4.89. The Bertz CT molecular complexity index is 66.5. The molecule has 7 heavy (non-hydrogen) atoms. The van der Waals surface area contributed by atoms with Crippen molar-refractivity contribution in [3.8, 4) is 0 Å². The van der Waals surface area contributed by atoms with E-state index >= 15 is 0 Å². The molecular formula is C5H7O2. The zero-order chi connectivity index (χ0) is 5.54. The first kappa shape index (κ1) is 6.37. The van der Waals surface area contributed by atoms with Gasteiger partial charge in [-0.2, -0.15) is 0 Å². The fourth-order valence-corrected chi connectivity index (χ4v) is 0.192. The van der Waals surface area contributed by atoms with E-state index in [9.17, 15) is 4.79 Å². The fourth-order valence-electron chi connectivity index (χ4n) is 0.192. The van der Waals surface area contributed by atoms with Gasteiger partial charge < -0.3 is 4.74 Å². The van der Waals surface area contributed by atoms with Gasteiger partial charge in [0.05, 0.1) is 6.61 Å². The van der Waals surface area contributed by atoms with Crippen LogP contribution in [0.2, 0.25) is 0 Å². The molecule has 0 saturated carbocycles.